The fraction of sp³-hybridized carbons (Fsp3) is 0.0588. The summed E-state index contributed by atoms with van der Waals surface area (Å²) in [5, 5.41) is 12.2. The summed E-state index contributed by atoms with van der Waals surface area (Å²) in [6.07, 6.45) is 0. The Hall–Kier alpha value is -3.28. The monoisotopic (exact) mass is 304 g/mol. The van der Waals surface area contributed by atoms with Crippen molar-refractivity contribution in [3.05, 3.63) is 54.6 Å². The number of ether oxygens (including phenoxy) is 1. The lowest BCUT2D eigenvalue weighted by molar-refractivity contribution is 0.415. The summed E-state index contributed by atoms with van der Waals surface area (Å²) in [6.45, 7) is 0. The summed E-state index contributed by atoms with van der Waals surface area (Å²) in [5.41, 5.74) is 3.31. The van der Waals surface area contributed by atoms with Gasteiger partial charge in [0, 0.05) is 11.1 Å². The maximum Gasteiger partial charge on any atom is 0.295 e. The molecule has 2 aromatic carbocycles. The molecule has 0 saturated heterocycles. The van der Waals surface area contributed by atoms with Crippen LogP contribution in [0.4, 0.5) is 0 Å². The number of hydrogen-bond donors (Lipinski definition) is 0. The molecule has 112 valence electrons. The normalized spacial score (nSPS) is 10.8. The molecule has 0 atom stereocenters. The average Bonchev–Trinajstić information content (AvgIpc) is 3.05. The van der Waals surface area contributed by atoms with Crippen molar-refractivity contribution in [3.8, 4) is 28.4 Å². The number of hydrogen-bond acceptors (Lipinski definition) is 6. The van der Waals surface area contributed by atoms with Crippen molar-refractivity contribution in [1.29, 1.82) is 0 Å². The third kappa shape index (κ3) is 2.40. The molecule has 0 bridgehead atoms. The number of fused-ring (bicyclic) bond motifs is 1. The second kappa shape index (κ2) is 5.49. The lowest BCUT2D eigenvalue weighted by Gasteiger charge is -2.01. The first-order valence-corrected chi connectivity index (χ1v) is 7.05. The first kappa shape index (κ1) is 13.4. The molecule has 0 unspecified atom stereocenters. The number of aromatic nitrogens is 4. The van der Waals surface area contributed by atoms with Gasteiger partial charge in [0.25, 0.3) is 5.71 Å². The van der Waals surface area contributed by atoms with E-state index in [0.717, 1.165) is 16.9 Å². The Kier molecular flexibility index (Phi) is 3.20. The maximum absolute atomic E-state index is 5.23. The van der Waals surface area contributed by atoms with E-state index in [1.807, 2.05) is 54.6 Å². The molecule has 0 fully saturated rings. The third-order valence-corrected chi connectivity index (χ3v) is 3.50. The van der Waals surface area contributed by atoms with E-state index < -0.39 is 0 Å². The zero-order valence-electron chi connectivity index (χ0n) is 12.3. The fourth-order valence-corrected chi connectivity index (χ4v) is 2.31. The molecule has 0 N–H and O–H groups in total. The molecule has 4 aromatic rings. The molecule has 4 rings (SSSR count). The van der Waals surface area contributed by atoms with Crippen LogP contribution in [0.2, 0.25) is 0 Å². The molecule has 0 radical (unpaired) electrons. The summed E-state index contributed by atoms with van der Waals surface area (Å²) >= 11 is 0. The van der Waals surface area contributed by atoms with Crippen LogP contribution in [-0.2, 0) is 0 Å². The van der Waals surface area contributed by atoms with Crippen LogP contribution in [0.25, 0.3) is 33.9 Å². The highest BCUT2D eigenvalue weighted by Gasteiger charge is 2.15. The fourth-order valence-electron chi connectivity index (χ4n) is 2.31. The van der Waals surface area contributed by atoms with Gasteiger partial charge in [-0.15, -0.1) is 10.2 Å². The van der Waals surface area contributed by atoms with Gasteiger partial charge in [0.2, 0.25) is 0 Å². The van der Waals surface area contributed by atoms with Gasteiger partial charge in [-0.1, -0.05) is 35.5 Å². The van der Waals surface area contributed by atoms with Crippen molar-refractivity contribution >= 4 is 11.2 Å². The predicted molar refractivity (Wildman–Crippen MR) is 84.8 cm³/mol. The van der Waals surface area contributed by atoms with E-state index in [4.69, 9.17) is 9.26 Å². The molecule has 0 amide bonds. The van der Waals surface area contributed by atoms with Crippen molar-refractivity contribution in [1.82, 2.24) is 20.3 Å². The van der Waals surface area contributed by atoms with Crippen molar-refractivity contribution in [2.45, 2.75) is 0 Å². The van der Waals surface area contributed by atoms with Gasteiger partial charge in [-0.2, -0.15) is 0 Å². The minimum absolute atomic E-state index is 0.315. The van der Waals surface area contributed by atoms with Gasteiger partial charge in [-0.25, -0.2) is 4.98 Å². The van der Waals surface area contributed by atoms with Crippen LogP contribution < -0.4 is 4.74 Å². The van der Waals surface area contributed by atoms with Crippen LogP contribution in [0.1, 0.15) is 0 Å². The summed E-state index contributed by atoms with van der Waals surface area (Å²) in [4.78, 5) is 4.56. The molecule has 6 heteroatoms. The lowest BCUT2D eigenvalue weighted by Crippen LogP contribution is -1.93. The molecule has 0 aliphatic rings. The molecular weight excluding hydrogens is 292 g/mol. The molecule has 2 heterocycles. The summed E-state index contributed by atoms with van der Waals surface area (Å²) in [5.74, 6) is 1.32. The van der Waals surface area contributed by atoms with E-state index in [1.165, 1.54) is 0 Å². The zero-order chi connectivity index (χ0) is 15.6. The minimum Gasteiger partial charge on any atom is -0.497 e. The molecule has 23 heavy (non-hydrogen) atoms. The largest absolute Gasteiger partial charge is 0.497 e. The van der Waals surface area contributed by atoms with Gasteiger partial charge in [0.1, 0.15) is 11.4 Å². The molecule has 0 spiro atoms. The first-order chi connectivity index (χ1) is 11.3. The summed E-state index contributed by atoms with van der Waals surface area (Å²) in [7, 11) is 1.63. The average molecular weight is 304 g/mol. The maximum atomic E-state index is 5.23. The quantitative estimate of drug-likeness (QED) is 0.578. The predicted octanol–water partition coefficient (Wildman–Crippen LogP) is 3.36. The lowest BCUT2D eigenvalue weighted by atomic mass is 10.1. The Morgan fingerprint density at radius 2 is 1.65 bits per heavy atom. The van der Waals surface area contributed by atoms with E-state index in [-0.39, 0.29) is 0 Å². The first-order valence-electron chi connectivity index (χ1n) is 7.05. The molecular formula is C17H12N4O2. The van der Waals surface area contributed by atoms with Gasteiger partial charge in [0.05, 0.1) is 7.11 Å². The number of nitrogens with zero attached hydrogens (tertiary/aromatic N) is 4. The molecule has 0 aliphatic heterocycles. The van der Waals surface area contributed by atoms with Crippen molar-refractivity contribution in [2.24, 2.45) is 0 Å². The van der Waals surface area contributed by atoms with Crippen LogP contribution in [0.3, 0.4) is 0 Å². The Morgan fingerprint density at radius 3 is 2.39 bits per heavy atom. The summed E-state index contributed by atoms with van der Waals surface area (Å²) < 4.78 is 10.4. The number of methoxy groups -OCH3 is 1. The van der Waals surface area contributed by atoms with Crippen LogP contribution in [0.15, 0.2) is 59.1 Å². The van der Waals surface area contributed by atoms with E-state index in [9.17, 15) is 0 Å². The van der Waals surface area contributed by atoms with E-state index in [2.05, 4.69) is 20.3 Å². The van der Waals surface area contributed by atoms with Gasteiger partial charge < -0.3 is 9.26 Å². The van der Waals surface area contributed by atoms with Crippen LogP contribution in [0, 0.1) is 0 Å². The van der Waals surface area contributed by atoms with E-state index in [1.54, 1.807) is 7.11 Å². The second-order valence-corrected chi connectivity index (χ2v) is 4.91. The third-order valence-electron chi connectivity index (χ3n) is 3.50. The Labute approximate surface area is 131 Å². The van der Waals surface area contributed by atoms with Gasteiger partial charge in [-0.3, -0.25) is 0 Å². The topological polar surface area (TPSA) is 73.9 Å². The second-order valence-electron chi connectivity index (χ2n) is 4.91. The zero-order valence-corrected chi connectivity index (χ0v) is 12.3. The van der Waals surface area contributed by atoms with Crippen LogP contribution in [0.5, 0.6) is 5.75 Å². The van der Waals surface area contributed by atoms with Crippen LogP contribution in [-0.4, -0.2) is 27.4 Å². The van der Waals surface area contributed by atoms with Crippen molar-refractivity contribution < 1.29 is 9.26 Å². The van der Waals surface area contributed by atoms with E-state index >= 15 is 0 Å². The van der Waals surface area contributed by atoms with Crippen molar-refractivity contribution in [3.63, 3.8) is 0 Å². The molecule has 6 nitrogen and oxygen atoms in total. The number of benzene rings is 2. The summed E-state index contributed by atoms with van der Waals surface area (Å²) in [6, 6.07) is 17.2. The number of rotatable bonds is 3. The Balaban J connectivity index is 1.84. The smallest absolute Gasteiger partial charge is 0.295 e. The highest BCUT2D eigenvalue weighted by Crippen LogP contribution is 2.28. The molecule has 0 aliphatic carbocycles. The van der Waals surface area contributed by atoms with E-state index in [0.29, 0.717) is 22.7 Å². The SMILES string of the molecule is COc1ccc(-c2noc3nnc(-c4ccccc4)nc23)cc1. The minimum atomic E-state index is 0.315. The Morgan fingerprint density at radius 1 is 0.870 bits per heavy atom. The molecule has 2 aromatic heterocycles. The highest BCUT2D eigenvalue weighted by molar-refractivity contribution is 5.86. The van der Waals surface area contributed by atoms with Crippen LogP contribution >= 0.6 is 0 Å². The van der Waals surface area contributed by atoms with Crippen molar-refractivity contribution in [2.75, 3.05) is 7.11 Å². The standard InChI is InChI=1S/C17H12N4O2/c1-22-13-9-7-11(8-10-13)14-15-17(23-21-14)20-19-16(18-15)12-5-3-2-4-6-12/h2-10H,1H3. The highest BCUT2D eigenvalue weighted by atomic mass is 16.5. The Bertz CT molecular complexity index is 949. The van der Waals surface area contributed by atoms with Gasteiger partial charge in [-0.05, 0) is 24.3 Å². The van der Waals surface area contributed by atoms with Gasteiger partial charge in [0.15, 0.2) is 11.3 Å². The van der Waals surface area contributed by atoms with Gasteiger partial charge >= 0.3 is 0 Å². The molecule has 0 saturated carbocycles.